The van der Waals surface area contributed by atoms with Crippen LogP contribution in [0.15, 0.2) is 80.8 Å². The van der Waals surface area contributed by atoms with Crippen LogP contribution < -0.4 is 11.3 Å². The van der Waals surface area contributed by atoms with E-state index >= 15 is 4.39 Å². The average molecular weight is 545 g/mol. The van der Waals surface area contributed by atoms with Gasteiger partial charge in [0.25, 0.3) is 5.56 Å². The van der Waals surface area contributed by atoms with E-state index in [9.17, 15) is 9.59 Å². The highest BCUT2D eigenvalue weighted by Gasteiger charge is 2.19. The first-order valence-electron chi connectivity index (χ1n) is 12.7. The molecule has 1 N–H and O–H groups in total. The maximum absolute atomic E-state index is 15.6. The summed E-state index contributed by atoms with van der Waals surface area (Å²) >= 11 is 6.51. The summed E-state index contributed by atoms with van der Waals surface area (Å²) in [5.41, 5.74) is 4.50. The fourth-order valence-electron chi connectivity index (χ4n) is 4.63. The molecule has 9 heteroatoms. The fraction of sp³-hybridized carbons (Fsp3) is 0.200. The Morgan fingerprint density at radius 1 is 1.03 bits per heavy atom. The second kappa shape index (κ2) is 11.2. The molecule has 2 heterocycles. The Morgan fingerprint density at radius 2 is 1.82 bits per heavy atom. The molecule has 198 valence electrons. The summed E-state index contributed by atoms with van der Waals surface area (Å²) in [5.74, 6) is -0.883. The van der Waals surface area contributed by atoms with Crippen LogP contribution in [0.4, 0.5) is 4.39 Å². The van der Waals surface area contributed by atoms with Crippen LogP contribution >= 0.6 is 11.6 Å². The molecule has 0 saturated carbocycles. The molecule has 0 aliphatic carbocycles. The number of halogens is 2. The molecule has 2 aromatic heterocycles. The summed E-state index contributed by atoms with van der Waals surface area (Å²) in [6.07, 6.45) is 2.38. The van der Waals surface area contributed by atoms with Crippen molar-refractivity contribution in [2.75, 3.05) is 0 Å². The highest BCUT2D eigenvalue weighted by atomic mass is 35.5. The van der Waals surface area contributed by atoms with Gasteiger partial charge in [-0.05, 0) is 71.8 Å². The van der Waals surface area contributed by atoms with Crippen molar-refractivity contribution in [3.63, 3.8) is 0 Å². The van der Waals surface area contributed by atoms with Crippen LogP contribution in [-0.2, 0) is 12.8 Å². The van der Waals surface area contributed by atoms with Gasteiger partial charge in [-0.3, -0.25) is 18.9 Å². The van der Waals surface area contributed by atoms with Gasteiger partial charge in [0.2, 0.25) is 5.28 Å². The predicted molar refractivity (Wildman–Crippen MR) is 149 cm³/mol. The van der Waals surface area contributed by atoms with Crippen LogP contribution in [0.1, 0.15) is 42.1 Å². The van der Waals surface area contributed by atoms with E-state index in [0.717, 1.165) is 18.4 Å². The van der Waals surface area contributed by atoms with Gasteiger partial charge in [-0.1, -0.05) is 67.0 Å². The van der Waals surface area contributed by atoms with Gasteiger partial charge in [-0.15, -0.1) is 0 Å². The summed E-state index contributed by atoms with van der Waals surface area (Å²) < 4.78 is 21.6. The highest BCUT2D eigenvalue weighted by Crippen LogP contribution is 2.31. The Hall–Kier alpha value is -4.30. The first-order chi connectivity index (χ1) is 18.9. The molecule has 3 aromatic carbocycles. The van der Waals surface area contributed by atoms with Gasteiger partial charge in [-0.25, -0.2) is 14.2 Å². The number of unbranched alkanes of at least 4 members (excludes halogenated alkanes) is 1. The van der Waals surface area contributed by atoms with Crippen LogP contribution in [0.3, 0.4) is 0 Å². The monoisotopic (exact) mass is 544 g/mol. The zero-order valence-electron chi connectivity index (χ0n) is 21.5. The number of nitrogens with one attached hydrogen (secondary N) is 1. The molecule has 0 aliphatic rings. The van der Waals surface area contributed by atoms with E-state index in [2.05, 4.69) is 26.6 Å². The lowest BCUT2D eigenvalue weighted by molar-refractivity contribution is 0.388. The normalized spacial score (nSPS) is 11.2. The number of aromatic amines is 1. The number of aromatic nitrogens is 4. The molecule has 0 aliphatic heterocycles. The molecule has 0 radical (unpaired) electrons. The molecular formula is C30H26ClFN4O3. The highest BCUT2D eigenvalue weighted by molar-refractivity contribution is 6.28. The van der Waals surface area contributed by atoms with Crippen molar-refractivity contribution in [1.29, 1.82) is 0 Å². The molecule has 0 unspecified atom stereocenters. The SMILES string of the molecule is CCCCc1nc(Cl)n(-c2cccc(C)c2)c(=O)c1Cc1ccc(-c2ccccc2-c2noc(=O)[nH]2)cc1F. The first kappa shape index (κ1) is 26.3. The second-order valence-electron chi connectivity index (χ2n) is 9.36. The molecule has 39 heavy (non-hydrogen) atoms. The zero-order valence-corrected chi connectivity index (χ0v) is 22.3. The first-order valence-corrected chi connectivity index (χ1v) is 13.0. The van der Waals surface area contributed by atoms with E-state index in [1.165, 1.54) is 10.6 Å². The van der Waals surface area contributed by atoms with Gasteiger partial charge in [0.15, 0.2) is 5.82 Å². The lowest BCUT2D eigenvalue weighted by Gasteiger charge is -2.15. The van der Waals surface area contributed by atoms with Crippen molar-refractivity contribution >= 4 is 11.6 Å². The number of rotatable bonds is 8. The third kappa shape index (κ3) is 5.47. The van der Waals surface area contributed by atoms with E-state index in [4.69, 9.17) is 11.6 Å². The van der Waals surface area contributed by atoms with Crippen LogP contribution in [-0.4, -0.2) is 19.7 Å². The average Bonchev–Trinajstić information content (AvgIpc) is 3.36. The van der Waals surface area contributed by atoms with Gasteiger partial charge in [-0.2, -0.15) is 0 Å². The van der Waals surface area contributed by atoms with Gasteiger partial charge >= 0.3 is 5.76 Å². The van der Waals surface area contributed by atoms with Crippen molar-refractivity contribution in [2.45, 2.75) is 39.5 Å². The molecular weight excluding hydrogens is 519 g/mol. The molecule has 0 spiro atoms. The Labute approximate surface area is 228 Å². The van der Waals surface area contributed by atoms with Crippen molar-refractivity contribution in [3.05, 3.63) is 121 Å². The molecule has 0 amide bonds. The third-order valence-corrected chi connectivity index (χ3v) is 6.86. The van der Waals surface area contributed by atoms with Crippen molar-refractivity contribution < 1.29 is 8.91 Å². The number of hydrogen-bond acceptors (Lipinski definition) is 5. The zero-order chi connectivity index (χ0) is 27.5. The second-order valence-corrected chi connectivity index (χ2v) is 9.70. The minimum absolute atomic E-state index is 0.0677. The number of hydrogen-bond donors (Lipinski definition) is 1. The molecule has 0 atom stereocenters. The Balaban J connectivity index is 1.56. The molecule has 5 rings (SSSR count). The van der Waals surface area contributed by atoms with Crippen LogP contribution in [0.25, 0.3) is 28.2 Å². The van der Waals surface area contributed by atoms with Crippen molar-refractivity contribution in [2.24, 2.45) is 0 Å². The van der Waals surface area contributed by atoms with Gasteiger partial charge in [0.1, 0.15) is 5.82 Å². The van der Waals surface area contributed by atoms with Crippen molar-refractivity contribution in [3.8, 4) is 28.2 Å². The molecule has 0 bridgehead atoms. The molecule has 0 saturated heterocycles. The van der Waals surface area contributed by atoms with E-state index < -0.39 is 11.6 Å². The quantitative estimate of drug-likeness (QED) is 0.232. The number of aryl methyl sites for hydroxylation is 2. The Kier molecular flexibility index (Phi) is 7.56. The number of H-pyrrole nitrogens is 1. The maximum Gasteiger partial charge on any atom is 0.439 e. The van der Waals surface area contributed by atoms with Crippen LogP contribution in [0.2, 0.25) is 5.28 Å². The topological polar surface area (TPSA) is 93.8 Å². The van der Waals surface area contributed by atoms with E-state index in [1.54, 1.807) is 30.3 Å². The maximum atomic E-state index is 15.6. The van der Waals surface area contributed by atoms with Gasteiger partial charge in [0.05, 0.1) is 11.4 Å². The molecule has 5 aromatic rings. The largest absolute Gasteiger partial charge is 0.439 e. The Morgan fingerprint density at radius 3 is 2.51 bits per heavy atom. The standard InChI is InChI=1S/C30H26ClFN4O3/c1-3-4-12-26-24(28(37)36(29(31)33-26)21-9-7-8-18(2)15-21)16-20-14-13-19(17-25(20)32)22-10-5-6-11-23(22)27-34-30(38)39-35-27/h5-11,13-15,17H,3-4,12,16H2,1-2H3,(H,34,35,38). The molecule has 0 fully saturated rings. The lowest BCUT2D eigenvalue weighted by Crippen LogP contribution is -2.27. The summed E-state index contributed by atoms with van der Waals surface area (Å²) in [7, 11) is 0. The lowest BCUT2D eigenvalue weighted by atomic mass is 9.95. The summed E-state index contributed by atoms with van der Waals surface area (Å²) in [6.45, 7) is 3.99. The summed E-state index contributed by atoms with van der Waals surface area (Å²) in [4.78, 5) is 32.3. The number of benzene rings is 3. The van der Waals surface area contributed by atoms with E-state index in [0.29, 0.717) is 45.6 Å². The fourth-order valence-corrected chi connectivity index (χ4v) is 4.90. The van der Waals surface area contributed by atoms with E-state index in [-0.39, 0.29) is 23.1 Å². The molecule has 7 nitrogen and oxygen atoms in total. The third-order valence-electron chi connectivity index (χ3n) is 6.60. The minimum atomic E-state index is -0.673. The van der Waals surface area contributed by atoms with Gasteiger partial charge < -0.3 is 0 Å². The van der Waals surface area contributed by atoms with Crippen LogP contribution in [0, 0.1) is 12.7 Å². The van der Waals surface area contributed by atoms with Gasteiger partial charge in [0, 0.05) is 17.5 Å². The smallest absolute Gasteiger partial charge is 0.296 e. The predicted octanol–water partition coefficient (Wildman–Crippen LogP) is 6.28. The summed E-state index contributed by atoms with van der Waals surface area (Å²) in [5, 5.41) is 3.85. The number of nitrogens with zero attached hydrogens (tertiary/aromatic N) is 3. The Bertz CT molecular complexity index is 1770. The summed E-state index contributed by atoms with van der Waals surface area (Å²) in [6, 6.07) is 19.5. The van der Waals surface area contributed by atoms with Crippen LogP contribution in [0.5, 0.6) is 0 Å². The van der Waals surface area contributed by atoms with E-state index in [1.807, 2.05) is 37.3 Å². The van der Waals surface area contributed by atoms with Crippen molar-refractivity contribution in [1.82, 2.24) is 19.7 Å². The minimum Gasteiger partial charge on any atom is -0.296 e.